The van der Waals surface area contributed by atoms with Crippen molar-refractivity contribution >= 4 is 11.9 Å². The van der Waals surface area contributed by atoms with Crippen molar-refractivity contribution in [2.45, 2.75) is 6.92 Å². The first-order valence-electron chi connectivity index (χ1n) is 4.25. The number of aromatic nitrogens is 3. The molecule has 6 nitrogen and oxygen atoms in total. The number of nitrogens with one attached hydrogen (secondary N) is 1. The van der Waals surface area contributed by atoms with Gasteiger partial charge in [-0.25, -0.2) is 15.0 Å². The molecule has 0 spiro atoms. The van der Waals surface area contributed by atoms with E-state index in [1.165, 1.54) is 19.5 Å². The first kappa shape index (κ1) is 9.32. The molecule has 2 heterocycles. The van der Waals surface area contributed by atoms with Crippen molar-refractivity contribution in [2.75, 3.05) is 5.32 Å². The van der Waals surface area contributed by atoms with Crippen LogP contribution in [0, 0.1) is 0 Å². The molecule has 0 aliphatic carbocycles. The van der Waals surface area contributed by atoms with Gasteiger partial charge in [-0.15, -0.1) is 0 Å². The highest BCUT2D eigenvalue weighted by Gasteiger charge is 2.05. The van der Waals surface area contributed by atoms with E-state index in [1.54, 1.807) is 12.3 Å². The Balaban J connectivity index is 2.31. The number of hydrogen-bond donors (Lipinski definition) is 1. The minimum atomic E-state index is -0.218. The molecule has 0 bridgehead atoms. The van der Waals surface area contributed by atoms with Gasteiger partial charge < -0.3 is 4.42 Å². The van der Waals surface area contributed by atoms with Gasteiger partial charge in [0, 0.05) is 13.1 Å². The molecule has 76 valence electrons. The number of carbonyl (C=O) groups excluding carboxylic acids is 1. The zero-order chi connectivity index (χ0) is 10.7. The molecule has 0 saturated heterocycles. The van der Waals surface area contributed by atoms with E-state index in [1.807, 2.05) is 0 Å². The normalized spacial score (nSPS) is 9.93. The maximum atomic E-state index is 10.8. The molecule has 6 heteroatoms. The standard InChI is InChI=1S/C9H8N4O2/c1-6(14)12-9-11-3-2-7(13-9)8-4-10-5-15-8/h2-5H,1H3,(H,11,12,13,14). The van der Waals surface area contributed by atoms with Crippen LogP contribution in [-0.2, 0) is 4.79 Å². The van der Waals surface area contributed by atoms with Crippen LogP contribution in [0.3, 0.4) is 0 Å². The predicted molar refractivity (Wildman–Crippen MR) is 51.8 cm³/mol. The molecule has 0 saturated carbocycles. The second-order valence-electron chi connectivity index (χ2n) is 2.81. The molecule has 0 radical (unpaired) electrons. The Kier molecular flexibility index (Phi) is 2.40. The summed E-state index contributed by atoms with van der Waals surface area (Å²) in [6.45, 7) is 1.39. The van der Waals surface area contributed by atoms with E-state index in [0.29, 0.717) is 11.5 Å². The van der Waals surface area contributed by atoms with Crippen LogP contribution in [0.25, 0.3) is 11.5 Å². The summed E-state index contributed by atoms with van der Waals surface area (Å²) in [5, 5.41) is 2.48. The number of hydrogen-bond acceptors (Lipinski definition) is 5. The number of rotatable bonds is 2. The molecule has 2 rings (SSSR count). The van der Waals surface area contributed by atoms with Crippen molar-refractivity contribution in [3.8, 4) is 11.5 Å². The fraction of sp³-hybridized carbons (Fsp3) is 0.111. The third-order valence-electron chi connectivity index (χ3n) is 1.63. The Labute approximate surface area is 85.4 Å². The zero-order valence-electron chi connectivity index (χ0n) is 7.97. The molecular formula is C9H8N4O2. The number of amides is 1. The Bertz CT molecular complexity index is 467. The van der Waals surface area contributed by atoms with Gasteiger partial charge in [0.05, 0.1) is 6.20 Å². The van der Waals surface area contributed by atoms with Crippen LogP contribution in [-0.4, -0.2) is 20.9 Å². The summed E-state index contributed by atoms with van der Waals surface area (Å²) >= 11 is 0. The first-order chi connectivity index (χ1) is 7.25. The van der Waals surface area contributed by atoms with Crippen LogP contribution < -0.4 is 5.32 Å². The Morgan fingerprint density at radius 2 is 2.40 bits per heavy atom. The number of carbonyl (C=O) groups is 1. The topological polar surface area (TPSA) is 80.9 Å². The molecule has 1 amide bonds. The number of nitrogens with zero attached hydrogens (tertiary/aromatic N) is 3. The van der Waals surface area contributed by atoms with Crippen LogP contribution in [0.5, 0.6) is 0 Å². The maximum absolute atomic E-state index is 10.8. The van der Waals surface area contributed by atoms with Crippen molar-refractivity contribution in [3.63, 3.8) is 0 Å². The monoisotopic (exact) mass is 204 g/mol. The summed E-state index contributed by atoms with van der Waals surface area (Å²) in [6.07, 6.45) is 4.39. The molecule has 0 aromatic carbocycles. The molecule has 15 heavy (non-hydrogen) atoms. The summed E-state index contributed by atoms with van der Waals surface area (Å²) < 4.78 is 5.07. The molecule has 0 aliphatic heterocycles. The van der Waals surface area contributed by atoms with Gasteiger partial charge in [-0.3, -0.25) is 10.1 Å². The fourth-order valence-corrected chi connectivity index (χ4v) is 1.06. The Morgan fingerprint density at radius 3 is 3.07 bits per heavy atom. The molecule has 0 aliphatic rings. The van der Waals surface area contributed by atoms with E-state index in [4.69, 9.17) is 4.42 Å². The molecule has 2 aromatic heterocycles. The Hall–Kier alpha value is -2.24. The third-order valence-corrected chi connectivity index (χ3v) is 1.63. The molecule has 0 fully saturated rings. The van der Waals surface area contributed by atoms with Crippen molar-refractivity contribution in [2.24, 2.45) is 0 Å². The highest BCUT2D eigenvalue weighted by atomic mass is 16.3. The van der Waals surface area contributed by atoms with E-state index in [9.17, 15) is 4.79 Å². The largest absolute Gasteiger partial charge is 0.442 e. The lowest BCUT2D eigenvalue weighted by atomic mass is 10.3. The quantitative estimate of drug-likeness (QED) is 0.791. The highest BCUT2D eigenvalue weighted by molar-refractivity contribution is 5.86. The summed E-state index contributed by atoms with van der Waals surface area (Å²) in [6, 6.07) is 1.67. The molecule has 1 N–H and O–H groups in total. The van der Waals surface area contributed by atoms with Gasteiger partial charge in [-0.1, -0.05) is 0 Å². The summed E-state index contributed by atoms with van der Waals surface area (Å²) in [5.74, 6) is 0.560. The number of oxazole rings is 1. The average Bonchev–Trinajstić information content (AvgIpc) is 2.69. The molecule has 0 atom stereocenters. The lowest BCUT2D eigenvalue weighted by molar-refractivity contribution is -0.114. The van der Waals surface area contributed by atoms with Gasteiger partial charge in [0.1, 0.15) is 5.69 Å². The van der Waals surface area contributed by atoms with E-state index in [-0.39, 0.29) is 11.9 Å². The summed E-state index contributed by atoms with van der Waals surface area (Å²) in [4.78, 5) is 22.5. The van der Waals surface area contributed by atoms with Crippen molar-refractivity contribution < 1.29 is 9.21 Å². The van der Waals surface area contributed by atoms with E-state index < -0.39 is 0 Å². The second kappa shape index (κ2) is 3.87. The molecular weight excluding hydrogens is 196 g/mol. The number of anilines is 1. The van der Waals surface area contributed by atoms with Gasteiger partial charge in [0.2, 0.25) is 11.9 Å². The lowest BCUT2D eigenvalue weighted by Crippen LogP contribution is -2.09. The third kappa shape index (κ3) is 2.16. The highest BCUT2D eigenvalue weighted by Crippen LogP contribution is 2.15. The van der Waals surface area contributed by atoms with Crippen LogP contribution in [0.1, 0.15) is 6.92 Å². The van der Waals surface area contributed by atoms with Crippen LogP contribution in [0.4, 0.5) is 5.95 Å². The summed E-state index contributed by atoms with van der Waals surface area (Å²) in [5.41, 5.74) is 0.575. The minimum Gasteiger partial charge on any atom is -0.442 e. The molecule has 0 unspecified atom stereocenters. The zero-order valence-corrected chi connectivity index (χ0v) is 7.97. The van der Waals surface area contributed by atoms with E-state index in [0.717, 1.165) is 0 Å². The molecule has 2 aromatic rings. The van der Waals surface area contributed by atoms with Gasteiger partial charge in [-0.05, 0) is 6.07 Å². The van der Waals surface area contributed by atoms with Crippen molar-refractivity contribution in [1.29, 1.82) is 0 Å². The van der Waals surface area contributed by atoms with Crippen LogP contribution >= 0.6 is 0 Å². The van der Waals surface area contributed by atoms with Crippen molar-refractivity contribution in [1.82, 2.24) is 15.0 Å². The van der Waals surface area contributed by atoms with Crippen LogP contribution in [0.2, 0.25) is 0 Å². The smallest absolute Gasteiger partial charge is 0.230 e. The average molecular weight is 204 g/mol. The predicted octanol–water partition coefficient (Wildman–Crippen LogP) is 1.09. The van der Waals surface area contributed by atoms with Crippen LogP contribution in [0.15, 0.2) is 29.3 Å². The lowest BCUT2D eigenvalue weighted by Gasteiger charge is -2.00. The van der Waals surface area contributed by atoms with E-state index >= 15 is 0 Å². The van der Waals surface area contributed by atoms with Gasteiger partial charge in [-0.2, -0.15) is 0 Å². The maximum Gasteiger partial charge on any atom is 0.230 e. The second-order valence-corrected chi connectivity index (χ2v) is 2.81. The fourth-order valence-electron chi connectivity index (χ4n) is 1.06. The van der Waals surface area contributed by atoms with Gasteiger partial charge in [0.15, 0.2) is 12.2 Å². The van der Waals surface area contributed by atoms with Crippen molar-refractivity contribution in [3.05, 3.63) is 24.9 Å². The van der Waals surface area contributed by atoms with Gasteiger partial charge >= 0.3 is 0 Å². The SMILES string of the molecule is CC(=O)Nc1nccc(-c2cnco2)n1. The summed E-state index contributed by atoms with van der Waals surface area (Å²) in [7, 11) is 0. The van der Waals surface area contributed by atoms with E-state index in [2.05, 4.69) is 20.3 Å². The minimum absolute atomic E-state index is 0.218. The van der Waals surface area contributed by atoms with Gasteiger partial charge in [0.25, 0.3) is 0 Å². The Morgan fingerprint density at radius 1 is 1.53 bits per heavy atom. The first-order valence-corrected chi connectivity index (χ1v) is 4.25.